The maximum Gasteiger partial charge on any atom is 0.432 e. The molecule has 0 radical (unpaired) electrons. The van der Waals surface area contributed by atoms with E-state index in [4.69, 9.17) is 5.41 Å². The van der Waals surface area contributed by atoms with Crippen molar-refractivity contribution < 1.29 is 44.3 Å². The Morgan fingerprint density at radius 3 is 1.98 bits per heavy atom. The van der Waals surface area contributed by atoms with Crippen LogP contribution in [0.4, 0.5) is 39.5 Å². The third-order valence-corrected chi connectivity index (χ3v) is 5.35. The van der Waals surface area contributed by atoms with Gasteiger partial charge in [0.1, 0.15) is 34.6 Å². The fourth-order valence-electron chi connectivity index (χ4n) is 3.51. The molecule has 3 rings (SSSR count). The van der Waals surface area contributed by atoms with Gasteiger partial charge in [0.15, 0.2) is 23.3 Å². The number of rotatable bonds is 8. The number of hydrogen-bond donors (Lipinski definition) is 1. The van der Waals surface area contributed by atoms with Crippen molar-refractivity contribution in [2.45, 2.75) is 38.7 Å². The zero-order chi connectivity index (χ0) is 29.6. The van der Waals surface area contributed by atoms with Crippen LogP contribution in [0.2, 0.25) is 0 Å². The van der Waals surface area contributed by atoms with E-state index in [9.17, 15) is 39.5 Å². The summed E-state index contributed by atoms with van der Waals surface area (Å²) in [6.07, 6.45) is 0.117. The van der Waals surface area contributed by atoms with Crippen LogP contribution in [0.25, 0.3) is 11.1 Å². The van der Waals surface area contributed by atoms with Crippen LogP contribution in [-0.4, -0.2) is 12.1 Å². The molecular weight excluding hydrogens is 551 g/mol. The van der Waals surface area contributed by atoms with E-state index in [0.717, 1.165) is 19.3 Å². The zero-order valence-electron chi connectivity index (χ0n) is 20.6. The largest absolute Gasteiger partial charge is 0.432 e. The van der Waals surface area contributed by atoms with Crippen LogP contribution < -0.4 is 4.74 Å². The van der Waals surface area contributed by atoms with Crippen molar-refractivity contribution in [2.75, 3.05) is 0 Å². The van der Waals surface area contributed by atoms with Crippen LogP contribution in [0.5, 0.6) is 5.75 Å². The minimum absolute atomic E-state index is 0.0348. The fourth-order valence-corrected chi connectivity index (χ4v) is 3.51. The normalized spacial score (nSPS) is 11.4. The second-order valence-corrected chi connectivity index (χ2v) is 8.36. The number of hydrogen-bond acceptors (Lipinski definition) is 2. The molecule has 0 saturated heterocycles. The summed E-state index contributed by atoms with van der Waals surface area (Å²) in [6.45, 7) is 2.02. The molecule has 0 spiro atoms. The van der Waals surface area contributed by atoms with E-state index in [1.807, 2.05) is 6.92 Å². The van der Waals surface area contributed by atoms with Crippen molar-refractivity contribution in [3.63, 3.8) is 0 Å². The van der Waals surface area contributed by atoms with Gasteiger partial charge < -0.3 is 4.74 Å². The molecule has 210 valence electrons. The van der Waals surface area contributed by atoms with Gasteiger partial charge in [-0.25, -0.2) is 35.7 Å². The standard InChI is InChI=1S/C28H19F9N2O/c1-2-3-4-5-8-39-24(38)7-6-15-9-18(29)25(19(30)10-15)16-11-20(31)26(21(32)12-16)28(36,37)40-17-13-22(33)27(35)23(34)14-17/h8-14,38H,2-5H2,1H3. The minimum atomic E-state index is -4.87. The highest BCUT2D eigenvalue weighted by molar-refractivity contribution is 6.01. The smallest absolute Gasteiger partial charge is 0.429 e. The molecule has 0 unspecified atom stereocenters. The second kappa shape index (κ2) is 12.7. The van der Waals surface area contributed by atoms with Crippen molar-refractivity contribution in [2.24, 2.45) is 4.99 Å². The topological polar surface area (TPSA) is 45.4 Å². The molecule has 0 fully saturated rings. The van der Waals surface area contributed by atoms with Crippen LogP contribution in [-0.2, 0) is 6.11 Å². The lowest BCUT2D eigenvalue weighted by atomic mass is 9.99. The summed E-state index contributed by atoms with van der Waals surface area (Å²) in [7, 11) is 0. The van der Waals surface area contributed by atoms with Crippen LogP contribution in [0.1, 0.15) is 43.7 Å². The van der Waals surface area contributed by atoms with E-state index in [-0.39, 0.29) is 35.7 Å². The second-order valence-electron chi connectivity index (χ2n) is 8.36. The first kappa shape index (κ1) is 30.3. The molecule has 0 aromatic heterocycles. The lowest BCUT2D eigenvalue weighted by molar-refractivity contribution is -0.189. The van der Waals surface area contributed by atoms with Crippen molar-refractivity contribution in [1.29, 1.82) is 5.41 Å². The summed E-state index contributed by atoms with van der Waals surface area (Å²) in [6, 6.07) is 1.90. The third-order valence-electron chi connectivity index (χ3n) is 5.35. The number of amidine groups is 1. The Bertz CT molecular complexity index is 1450. The van der Waals surface area contributed by atoms with Gasteiger partial charge in [0, 0.05) is 23.9 Å². The number of nitrogens with zero attached hydrogens (tertiary/aromatic N) is 1. The van der Waals surface area contributed by atoms with Gasteiger partial charge in [0.2, 0.25) is 0 Å². The first-order valence-corrected chi connectivity index (χ1v) is 11.7. The molecule has 0 amide bonds. The SMILES string of the molecule is CCCCCC=NC(=N)C#Cc1cc(F)c(-c2cc(F)c(C(F)(F)Oc3cc(F)c(F)c(F)c3)c(F)c2)c(F)c1. The molecule has 3 aromatic rings. The van der Waals surface area contributed by atoms with Gasteiger partial charge in [-0.05, 0) is 48.6 Å². The maximum absolute atomic E-state index is 14.7. The molecule has 3 nitrogen and oxygen atoms in total. The number of unbranched alkanes of at least 4 members (excludes halogenated alkanes) is 3. The highest BCUT2D eigenvalue weighted by atomic mass is 19.3. The molecule has 40 heavy (non-hydrogen) atoms. The number of aliphatic imine (C=N–C) groups is 1. The van der Waals surface area contributed by atoms with Crippen LogP contribution in [0.3, 0.4) is 0 Å². The van der Waals surface area contributed by atoms with Gasteiger partial charge in [-0.3, -0.25) is 5.41 Å². The van der Waals surface area contributed by atoms with E-state index >= 15 is 0 Å². The highest BCUT2D eigenvalue weighted by Gasteiger charge is 2.41. The van der Waals surface area contributed by atoms with E-state index in [1.54, 1.807) is 0 Å². The first-order valence-electron chi connectivity index (χ1n) is 11.7. The predicted molar refractivity (Wildman–Crippen MR) is 130 cm³/mol. The highest BCUT2D eigenvalue weighted by Crippen LogP contribution is 2.38. The molecule has 3 aromatic carbocycles. The molecule has 0 aliphatic carbocycles. The summed E-state index contributed by atoms with van der Waals surface area (Å²) >= 11 is 0. The van der Waals surface area contributed by atoms with Crippen LogP contribution in [0, 0.1) is 58.0 Å². The van der Waals surface area contributed by atoms with Gasteiger partial charge >= 0.3 is 6.11 Å². The summed E-state index contributed by atoms with van der Waals surface area (Å²) < 4.78 is 131. The molecule has 0 heterocycles. The number of benzene rings is 3. The van der Waals surface area contributed by atoms with E-state index in [1.165, 1.54) is 6.21 Å². The third kappa shape index (κ3) is 7.22. The molecule has 0 aliphatic rings. The summed E-state index contributed by atoms with van der Waals surface area (Å²) in [5.41, 5.74) is -4.03. The lowest BCUT2D eigenvalue weighted by Crippen LogP contribution is -2.25. The van der Waals surface area contributed by atoms with Crippen molar-refractivity contribution in [1.82, 2.24) is 0 Å². The van der Waals surface area contributed by atoms with Gasteiger partial charge in [0.25, 0.3) is 0 Å². The van der Waals surface area contributed by atoms with E-state index in [0.29, 0.717) is 18.6 Å². The van der Waals surface area contributed by atoms with Gasteiger partial charge in [-0.1, -0.05) is 25.7 Å². The Morgan fingerprint density at radius 2 is 1.43 bits per heavy atom. The van der Waals surface area contributed by atoms with Gasteiger partial charge in [0.05, 0.1) is 5.56 Å². The van der Waals surface area contributed by atoms with Crippen molar-refractivity contribution in [3.8, 4) is 28.7 Å². The molecule has 0 saturated carbocycles. The molecule has 0 bridgehead atoms. The molecular formula is C28H19F9N2O. The molecule has 1 N–H and O–H groups in total. The average Bonchev–Trinajstić information content (AvgIpc) is 2.84. The zero-order valence-corrected chi connectivity index (χ0v) is 20.6. The van der Waals surface area contributed by atoms with Crippen molar-refractivity contribution in [3.05, 3.63) is 88.2 Å². The number of ether oxygens (including phenoxy) is 1. The monoisotopic (exact) mass is 570 g/mol. The van der Waals surface area contributed by atoms with Crippen molar-refractivity contribution >= 4 is 12.1 Å². The Kier molecular flexibility index (Phi) is 9.63. The minimum Gasteiger partial charge on any atom is -0.429 e. The molecule has 0 aliphatic heterocycles. The van der Waals surface area contributed by atoms with Gasteiger partial charge in [-0.2, -0.15) is 8.78 Å². The number of alkyl halides is 2. The Hall–Kier alpha value is -4.27. The lowest BCUT2D eigenvalue weighted by Gasteiger charge is -2.20. The first-order chi connectivity index (χ1) is 18.8. The van der Waals surface area contributed by atoms with Gasteiger partial charge in [-0.15, -0.1) is 0 Å². The number of nitrogens with one attached hydrogen (secondary N) is 1. The summed E-state index contributed by atoms with van der Waals surface area (Å²) in [4.78, 5) is 3.80. The fraction of sp³-hybridized carbons (Fsp3) is 0.214. The summed E-state index contributed by atoms with van der Waals surface area (Å²) in [5.74, 6) is -9.49. The van der Waals surface area contributed by atoms with E-state index < -0.39 is 69.3 Å². The van der Waals surface area contributed by atoms with Crippen LogP contribution >= 0.6 is 0 Å². The Balaban J connectivity index is 1.87. The predicted octanol–water partition coefficient (Wildman–Crippen LogP) is 8.44. The Morgan fingerprint density at radius 1 is 0.850 bits per heavy atom. The maximum atomic E-state index is 14.7. The van der Waals surface area contributed by atoms with Crippen LogP contribution in [0.15, 0.2) is 41.4 Å². The summed E-state index contributed by atoms with van der Waals surface area (Å²) in [5, 5.41) is 7.65. The Labute approximate surface area is 222 Å². The van der Waals surface area contributed by atoms with E-state index in [2.05, 4.69) is 21.6 Å². The average molecular weight is 570 g/mol. The molecule has 0 atom stereocenters. The molecule has 12 heteroatoms. The number of halogens is 9. The quantitative estimate of drug-likeness (QED) is 0.0725.